The Morgan fingerprint density at radius 1 is 0.688 bits per heavy atom. The number of hydrogen-bond donors (Lipinski definition) is 1. The molecule has 1 aromatic carbocycles. The van der Waals surface area contributed by atoms with E-state index < -0.39 is 22.2 Å². The van der Waals surface area contributed by atoms with Gasteiger partial charge in [0.1, 0.15) is 0 Å². The molecule has 0 aliphatic rings. The first kappa shape index (κ1) is 23.4. The van der Waals surface area contributed by atoms with Gasteiger partial charge >= 0.3 is 0 Å². The van der Waals surface area contributed by atoms with Crippen LogP contribution in [0.15, 0.2) is 36.4 Å². The van der Waals surface area contributed by atoms with E-state index in [4.69, 9.17) is 10.6 Å². The Labute approximate surface area is 183 Å². The lowest BCUT2D eigenvalue weighted by atomic mass is 10.1. The zero-order valence-corrected chi connectivity index (χ0v) is 18.0. The fraction of sp³-hybridized carbons (Fsp3) is 0.545. The Kier molecular flexibility index (Phi) is 7.97. The van der Waals surface area contributed by atoms with Crippen molar-refractivity contribution in [3.63, 3.8) is 0 Å². The van der Waals surface area contributed by atoms with Crippen molar-refractivity contribution in [1.82, 2.24) is 9.13 Å². The molecule has 0 aliphatic heterocycles. The molecule has 0 atom stereocenters. The third kappa shape index (κ3) is 4.81. The van der Waals surface area contributed by atoms with E-state index in [9.17, 15) is 19.2 Å². The van der Waals surface area contributed by atoms with Gasteiger partial charge in [0.2, 0.25) is 0 Å². The minimum Gasteiger partial charge on any atom is -0.396 e. The summed E-state index contributed by atoms with van der Waals surface area (Å²) in [5.41, 5.74) is 6.50. The largest absolute Gasteiger partial charge is 0.396 e. The van der Waals surface area contributed by atoms with Crippen LogP contribution in [-0.2, 0) is 13.1 Å². The van der Waals surface area contributed by atoms with Crippen LogP contribution in [-0.4, -0.2) is 27.4 Å². The van der Waals surface area contributed by atoms with E-state index >= 15 is 0 Å². The van der Waals surface area contributed by atoms with Crippen LogP contribution in [0.4, 0.5) is 0 Å². The first-order valence-corrected chi connectivity index (χ1v) is 11.0. The van der Waals surface area contributed by atoms with Crippen molar-refractivity contribution >= 4 is 21.5 Å². The summed E-state index contributed by atoms with van der Waals surface area (Å²) < 4.78 is 2.34. The van der Waals surface area contributed by atoms with Gasteiger partial charge in [0.05, 0.1) is 21.5 Å². The Morgan fingerprint density at radius 3 is 1.50 bits per heavy atom. The van der Waals surface area contributed by atoms with E-state index in [2.05, 4.69) is 10.0 Å². The van der Waals surface area contributed by atoms with E-state index in [0.717, 1.165) is 32.1 Å². The predicted octanol–water partition coefficient (Wildman–Crippen LogP) is 2.34. The third-order valence-corrected chi connectivity index (χ3v) is 5.80. The van der Waals surface area contributed by atoms with E-state index in [1.54, 1.807) is 0 Å². The maximum Gasteiger partial charge on any atom is 0.261 e. The molecule has 10 nitrogen and oxygen atoms in total. The Balaban J connectivity index is 1.81. The van der Waals surface area contributed by atoms with Crippen molar-refractivity contribution < 1.29 is 5.11 Å². The van der Waals surface area contributed by atoms with Crippen molar-refractivity contribution in [2.45, 2.75) is 64.5 Å². The van der Waals surface area contributed by atoms with Crippen LogP contribution in [0.1, 0.15) is 51.4 Å². The lowest BCUT2D eigenvalue weighted by Crippen LogP contribution is -2.26. The minimum atomic E-state index is -0.440. The van der Waals surface area contributed by atoms with Crippen molar-refractivity contribution in [2.75, 3.05) is 13.2 Å². The molecule has 0 bridgehead atoms. The average Bonchev–Trinajstić information content (AvgIpc) is 3.16. The second kappa shape index (κ2) is 10.9. The summed E-state index contributed by atoms with van der Waals surface area (Å²) in [6.45, 7) is 1.09. The number of benzene rings is 1. The quantitative estimate of drug-likeness (QED) is 0.187. The van der Waals surface area contributed by atoms with E-state index in [-0.39, 0.29) is 41.2 Å². The highest BCUT2D eigenvalue weighted by Gasteiger charge is 2.19. The summed E-state index contributed by atoms with van der Waals surface area (Å²) in [6.07, 6.45) is 5.93. The molecule has 32 heavy (non-hydrogen) atoms. The molecule has 2 heterocycles. The Morgan fingerprint density at radius 2 is 1.09 bits per heavy atom. The van der Waals surface area contributed by atoms with Crippen molar-refractivity contribution in [2.24, 2.45) is 5.11 Å². The number of aromatic nitrogens is 2. The van der Waals surface area contributed by atoms with Crippen molar-refractivity contribution in [1.29, 1.82) is 0 Å². The molecular formula is C22H27N5O5. The second-order valence-corrected chi connectivity index (χ2v) is 7.97. The third-order valence-electron chi connectivity index (χ3n) is 5.80. The smallest absolute Gasteiger partial charge is 0.261 e. The van der Waals surface area contributed by atoms with Crippen LogP contribution < -0.4 is 22.2 Å². The molecule has 0 radical (unpaired) electrons. The van der Waals surface area contributed by atoms with Crippen LogP contribution in [0.2, 0.25) is 0 Å². The number of nitrogens with zero attached hydrogens (tertiary/aromatic N) is 5. The van der Waals surface area contributed by atoms with E-state index in [1.165, 1.54) is 21.3 Å². The van der Waals surface area contributed by atoms with Crippen molar-refractivity contribution in [3.8, 4) is 0 Å². The molecule has 3 aromatic rings. The number of rotatable bonds is 13. The van der Waals surface area contributed by atoms with E-state index in [0.29, 0.717) is 25.8 Å². The van der Waals surface area contributed by atoms with Gasteiger partial charge in [0, 0.05) is 31.2 Å². The normalized spacial score (nSPS) is 11.4. The van der Waals surface area contributed by atoms with Gasteiger partial charge < -0.3 is 5.11 Å². The number of azide groups is 1. The van der Waals surface area contributed by atoms with Gasteiger partial charge in [-0.25, -0.2) is 0 Å². The maximum absolute atomic E-state index is 12.8. The van der Waals surface area contributed by atoms with E-state index in [1.807, 2.05) is 0 Å². The highest BCUT2D eigenvalue weighted by atomic mass is 16.3. The first-order chi connectivity index (χ1) is 15.5. The van der Waals surface area contributed by atoms with Crippen LogP contribution in [0.3, 0.4) is 0 Å². The van der Waals surface area contributed by atoms with Gasteiger partial charge in [-0.15, -0.1) is 0 Å². The van der Waals surface area contributed by atoms with Gasteiger partial charge in [-0.1, -0.05) is 30.8 Å². The number of hydrogen-bond acceptors (Lipinski definition) is 6. The highest BCUT2D eigenvalue weighted by molar-refractivity contribution is 5.97. The van der Waals surface area contributed by atoms with Crippen LogP contribution >= 0.6 is 0 Å². The topological polar surface area (TPSA) is 147 Å². The molecule has 0 saturated carbocycles. The number of unbranched alkanes of at least 4 members (excludes halogenated alkanes) is 6. The van der Waals surface area contributed by atoms with Gasteiger partial charge in [-0.3, -0.25) is 28.3 Å². The molecule has 0 saturated heterocycles. The molecule has 1 N–H and O–H groups in total. The predicted molar refractivity (Wildman–Crippen MR) is 123 cm³/mol. The summed E-state index contributed by atoms with van der Waals surface area (Å²) in [5, 5.41) is 13.0. The average molecular weight is 441 g/mol. The molecule has 3 rings (SSSR count). The minimum absolute atomic E-state index is 0.120. The second-order valence-electron chi connectivity index (χ2n) is 7.97. The van der Waals surface area contributed by atoms with Gasteiger partial charge in [0.25, 0.3) is 22.2 Å². The summed E-state index contributed by atoms with van der Waals surface area (Å²) in [6, 6.07) is 2.77. The summed E-state index contributed by atoms with van der Waals surface area (Å²) in [5.74, 6) is 0. The molecule has 0 unspecified atom stereocenters. The highest BCUT2D eigenvalue weighted by Crippen LogP contribution is 2.15. The molecule has 0 aliphatic carbocycles. The fourth-order valence-electron chi connectivity index (χ4n) is 4.07. The molecule has 0 spiro atoms. The fourth-order valence-corrected chi connectivity index (χ4v) is 4.07. The Hall–Kier alpha value is -3.23. The lowest BCUT2D eigenvalue weighted by molar-refractivity contribution is 0.282. The molecule has 170 valence electrons. The summed E-state index contributed by atoms with van der Waals surface area (Å²) >= 11 is 0. The molecular weight excluding hydrogens is 414 g/mol. The van der Waals surface area contributed by atoms with Crippen molar-refractivity contribution in [3.05, 3.63) is 64.0 Å². The van der Waals surface area contributed by atoms with Crippen LogP contribution in [0.5, 0.6) is 0 Å². The monoisotopic (exact) mass is 441 g/mol. The lowest BCUT2D eigenvalue weighted by Gasteiger charge is -2.00. The molecule has 10 heteroatoms. The summed E-state index contributed by atoms with van der Waals surface area (Å²) in [4.78, 5) is 53.7. The Bertz CT molecular complexity index is 1260. The maximum atomic E-state index is 12.8. The number of aliphatic hydroxyl groups excluding tert-OH is 1. The first-order valence-electron chi connectivity index (χ1n) is 11.0. The summed E-state index contributed by atoms with van der Waals surface area (Å²) in [7, 11) is 0. The van der Waals surface area contributed by atoms with Gasteiger partial charge in [0.15, 0.2) is 0 Å². The number of fused-ring (bicyclic) bond motifs is 2. The van der Waals surface area contributed by atoms with Crippen LogP contribution in [0.25, 0.3) is 32.0 Å². The molecule has 2 aromatic heterocycles. The number of aliphatic hydroxyl groups is 1. The van der Waals surface area contributed by atoms with Gasteiger partial charge in [-0.2, -0.15) is 0 Å². The zero-order chi connectivity index (χ0) is 23.1. The van der Waals surface area contributed by atoms with Gasteiger partial charge in [-0.05, 0) is 43.3 Å². The molecule has 0 fully saturated rings. The zero-order valence-electron chi connectivity index (χ0n) is 18.0. The van der Waals surface area contributed by atoms with Crippen LogP contribution in [0, 0.1) is 0 Å². The standard InChI is InChI=1S/C22H27N5O5/c23-25-24-9-5-1-2-6-10-26-19(29)15-13-17-18(14-16(15)20(26)30)22(32)27(21(17)31)11-7-3-4-8-12-28/h13-14,28H,1-12H2. The SMILES string of the molecule is [N-]=[N+]=NCCCCCCn1c(=O)c2cc3c(=O)n(CCCCCCO)c(=O)c3cc2c1=O. The molecule has 0 amide bonds.